The monoisotopic (exact) mass is 534 g/mol. The van der Waals surface area contributed by atoms with Crippen molar-refractivity contribution < 1.29 is 4.79 Å². The summed E-state index contributed by atoms with van der Waals surface area (Å²) >= 11 is 0. The number of rotatable bonds is 8. The van der Waals surface area contributed by atoms with Crippen molar-refractivity contribution in [1.82, 2.24) is 29.8 Å². The van der Waals surface area contributed by atoms with E-state index in [9.17, 15) is 4.79 Å². The van der Waals surface area contributed by atoms with Gasteiger partial charge in [-0.15, -0.1) is 10.2 Å². The van der Waals surface area contributed by atoms with Gasteiger partial charge in [0.1, 0.15) is 6.33 Å². The molecule has 0 saturated carbocycles. The van der Waals surface area contributed by atoms with Crippen LogP contribution in [0.1, 0.15) is 27.9 Å². The number of carbonyl (C=O) groups is 1. The van der Waals surface area contributed by atoms with Crippen molar-refractivity contribution in [3.05, 3.63) is 89.7 Å². The van der Waals surface area contributed by atoms with Crippen LogP contribution in [0.5, 0.6) is 0 Å². The van der Waals surface area contributed by atoms with Crippen LogP contribution in [0.3, 0.4) is 0 Å². The quantitative estimate of drug-likeness (QED) is 0.282. The fraction of sp³-hybridized carbons (Fsp3) is 0.290. The molecule has 1 saturated heterocycles. The third-order valence-electron chi connectivity index (χ3n) is 7.56. The molecule has 1 amide bonds. The number of aromatic nitrogens is 4. The minimum absolute atomic E-state index is 0.0602. The summed E-state index contributed by atoms with van der Waals surface area (Å²) in [5.74, 6) is 0.554. The summed E-state index contributed by atoms with van der Waals surface area (Å²) < 4.78 is 1.91. The van der Waals surface area contributed by atoms with E-state index in [-0.39, 0.29) is 5.91 Å². The van der Waals surface area contributed by atoms with Crippen LogP contribution >= 0.6 is 0 Å². The number of hydrogen-bond donors (Lipinski definition) is 2. The third kappa shape index (κ3) is 5.46. The molecule has 1 aliphatic heterocycles. The molecule has 0 spiro atoms. The maximum Gasteiger partial charge on any atom is 0.251 e. The second-order valence-electron chi connectivity index (χ2n) is 10.4. The summed E-state index contributed by atoms with van der Waals surface area (Å²) in [5.41, 5.74) is 7.89. The summed E-state index contributed by atoms with van der Waals surface area (Å²) in [6.45, 7) is 10.1. The normalized spacial score (nSPS) is 14.1. The lowest BCUT2D eigenvalue weighted by Gasteiger charge is -2.37. The molecule has 0 unspecified atom stereocenters. The second kappa shape index (κ2) is 11.3. The van der Waals surface area contributed by atoms with Crippen LogP contribution in [0, 0.1) is 13.8 Å². The number of amides is 1. The maximum atomic E-state index is 12.7. The van der Waals surface area contributed by atoms with Gasteiger partial charge in [-0.25, -0.2) is 4.98 Å². The summed E-state index contributed by atoms with van der Waals surface area (Å²) in [6.07, 6.45) is 2.61. The minimum atomic E-state index is -0.0602. The van der Waals surface area contributed by atoms with Gasteiger partial charge >= 0.3 is 0 Å². The summed E-state index contributed by atoms with van der Waals surface area (Å²) in [4.78, 5) is 22.4. The predicted molar refractivity (Wildman–Crippen MR) is 160 cm³/mol. The number of nitrogens with one attached hydrogen (secondary N) is 2. The Bertz CT molecular complexity index is 1640. The van der Waals surface area contributed by atoms with Crippen LogP contribution < -0.4 is 15.5 Å². The molecule has 6 rings (SSSR count). The Morgan fingerprint density at radius 2 is 1.75 bits per heavy atom. The first-order chi connectivity index (χ1) is 19.5. The van der Waals surface area contributed by atoms with Crippen LogP contribution in [-0.4, -0.2) is 69.7 Å². The summed E-state index contributed by atoms with van der Waals surface area (Å²) in [6, 6.07) is 22.0. The Balaban J connectivity index is 0.978. The highest BCUT2D eigenvalue weighted by molar-refractivity contribution is 5.94. The van der Waals surface area contributed by atoms with E-state index in [0.29, 0.717) is 23.6 Å². The van der Waals surface area contributed by atoms with Crippen molar-refractivity contribution in [3.63, 3.8) is 0 Å². The molecule has 0 radical (unpaired) electrons. The molecule has 204 valence electrons. The Labute approximate surface area is 233 Å². The topological polar surface area (TPSA) is 90.7 Å². The maximum absolute atomic E-state index is 12.7. The van der Waals surface area contributed by atoms with Crippen molar-refractivity contribution in [1.29, 1.82) is 0 Å². The van der Waals surface area contributed by atoms with E-state index in [1.165, 1.54) is 16.8 Å². The molecule has 1 fully saturated rings. The van der Waals surface area contributed by atoms with Gasteiger partial charge in [-0.1, -0.05) is 24.3 Å². The van der Waals surface area contributed by atoms with Gasteiger partial charge in [0.15, 0.2) is 5.82 Å². The Kier molecular flexibility index (Phi) is 7.29. The predicted octanol–water partition coefficient (Wildman–Crippen LogP) is 4.58. The highest BCUT2D eigenvalue weighted by atomic mass is 16.1. The van der Waals surface area contributed by atoms with Crippen molar-refractivity contribution >= 4 is 39.8 Å². The van der Waals surface area contributed by atoms with Crippen LogP contribution in [0.25, 0.3) is 16.7 Å². The second-order valence-corrected chi connectivity index (χ2v) is 10.4. The Morgan fingerprint density at radius 1 is 0.950 bits per heavy atom. The number of fused-ring (bicyclic) bond motifs is 3. The zero-order valence-electron chi connectivity index (χ0n) is 23.0. The third-order valence-corrected chi connectivity index (χ3v) is 7.56. The minimum Gasteiger partial charge on any atom is -0.369 e. The van der Waals surface area contributed by atoms with Crippen molar-refractivity contribution in [2.24, 2.45) is 0 Å². The van der Waals surface area contributed by atoms with Gasteiger partial charge in [0.25, 0.3) is 5.91 Å². The molecule has 5 aromatic rings. The lowest BCUT2D eigenvalue weighted by Crippen LogP contribution is -2.47. The molecule has 3 aromatic carbocycles. The van der Waals surface area contributed by atoms with Crippen LogP contribution in [0.2, 0.25) is 0 Å². The van der Waals surface area contributed by atoms with Crippen molar-refractivity contribution in [3.8, 4) is 0 Å². The molecular weight excluding hydrogens is 500 g/mol. The number of para-hydroxylation sites is 2. The van der Waals surface area contributed by atoms with E-state index >= 15 is 0 Å². The lowest BCUT2D eigenvalue weighted by molar-refractivity contribution is 0.0951. The molecule has 3 heterocycles. The number of aryl methyl sites for hydroxylation is 2. The molecule has 0 atom stereocenters. The van der Waals surface area contributed by atoms with Crippen molar-refractivity contribution in [2.75, 3.05) is 49.5 Å². The molecule has 0 bridgehead atoms. The van der Waals surface area contributed by atoms with E-state index in [2.05, 4.69) is 62.7 Å². The standard InChI is InChI=1S/C31H34N8O/c1-22-8-9-23(2)28(20-22)38-18-16-37(17-19-38)15-5-14-32-31(40)24-10-12-25(13-11-24)34-29-30-36-33-21-39(30)27-7-4-3-6-26(27)35-29/h3-4,6-13,20-21H,5,14-19H2,1-2H3,(H,32,40)(H,34,35). The first-order valence-corrected chi connectivity index (χ1v) is 13.8. The molecule has 1 aliphatic rings. The zero-order chi connectivity index (χ0) is 27.5. The Hall–Kier alpha value is -4.50. The molecule has 9 heteroatoms. The van der Waals surface area contributed by atoms with Gasteiger partial charge in [-0.3, -0.25) is 14.1 Å². The molecule has 40 heavy (non-hydrogen) atoms. The fourth-order valence-electron chi connectivity index (χ4n) is 5.31. The molecule has 2 N–H and O–H groups in total. The molecular formula is C31H34N8O. The SMILES string of the molecule is Cc1ccc(C)c(N2CCN(CCCNC(=O)c3ccc(Nc4nc5ccccc5n5cnnc45)cc3)CC2)c1. The van der Waals surface area contributed by atoms with E-state index in [1.54, 1.807) is 6.33 Å². The molecule has 9 nitrogen and oxygen atoms in total. The number of anilines is 3. The first kappa shape index (κ1) is 25.8. The van der Waals surface area contributed by atoms with Crippen molar-refractivity contribution in [2.45, 2.75) is 20.3 Å². The van der Waals surface area contributed by atoms with Gasteiger partial charge in [0.05, 0.1) is 11.0 Å². The lowest BCUT2D eigenvalue weighted by atomic mass is 10.1. The summed E-state index contributed by atoms with van der Waals surface area (Å²) in [5, 5.41) is 14.7. The van der Waals surface area contributed by atoms with Crippen LogP contribution in [-0.2, 0) is 0 Å². The van der Waals surface area contributed by atoms with Gasteiger partial charge in [-0.2, -0.15) is 0 Å². The molecule has 2 aromatic heterocycles. The largest absolute Gasteiger partial charge is 0.369 e. The van der Waals surface area contributed by atoms with Crippen LogP contribution in [0.15, 0.2) is 73.1 Å². The first-order valence-electron chi connectivity index (χ1n) is 13.8. The number of nitrogens with zero attached hydrogens (tertiary/aromatic N) is 6. The fourth-order valence-corrected chi connectivity index (χ4v) is 5.31. The average Bonchev–Trinajstić information content (AvgIpc) is 3.48. The average molecular weight is 535 g/mol. The number of carbonyl (C=O) groups excluding carboxylic acids is 1. The van der Waals surface area contributed by atoms with Gasteiger partial charge in [0, 0.05) is 49.7 Å². The van der Waals surface area contributed by atoms with E-state index in [1.807, 2.05) is 52.9 Å². The van der Waals surface area contributed by atoms with E-state index in [4.69, 9.17) is 4.98 Å². The molecule has 0 aliphatic carbocycles. The number of benzene rings is 3. The van der Waals surface area contributed by atoms with Gasteiger partial charge in [0.2, 0.25) is 5.65 Å². The van der Waals surface area contributed by atoms with E-state index < -0.39 is 0 Å². The van der Waals surface area contributed by atoms with Gasteiger partial charge in [-0.05, 0) is 80.4 Å². The van der Waals surface area contributed by atoms with Crippen LogP contribution in [0.4, 0.5) is 17.2 Å². The summed E-state index contributed by atoms with van der Waals surface area (Å²) in [7, 11) is 0. The zero-order valence-corrected chi connectivity index (χ0v) is 23.0. The highest BCUT2D eigenvalue weighted by Gasteiger charge is 2.18. The highest BCUT2D eigenvalue weighted by Crippen LogP contribution is 2.24. The smallest absolute Gasteiger partial charge is 0.251 e. The number of hydrogen-bond acceptors (Lipinski definition) is 7. The van der Waals surface area contributed by atoms with E-state index in [0.717, 1.165) is 55.9 Å². The Morgan fingerprint density at radius 3 is 2.58 bits per heavy atom. The number of piperazine rings is 1. The van der Waals surface area contributed by atoms with Gasteiger partial charge < -0.3 is 15.5 Å².